The SMILES string of the molecule is NC(N)=NCCC[C@H](NC(=O)[C@H](N)Cc1c[nH]c2ccccc12)C(=O)N[C@@H](Cc1c[nH]c2ccccc12)C(=O)OCc1ccccc1. The Morgan fingerprint density at radius 1 is 0.745 bits per heavy atom. The molecular weight excluding hydrogens is 596 g/mol. The topological polar surface area (TPSA) is 206 Å². The molecule has 0 aliphatic rings. The van der Waals surface area contributed by atoms with Crippen molar-refractivity contribution < 1.29 is 19.1 Å². The highest BCUT2D eigenvalue weighted by atomic mass is 16.5. The van der Waals surface area contributed by atoms with Crippen molar-refractivity contribution in [3.05, 3.63) is 108 Å². The van der Waals surface area contributed by atoms with Crippen LogP contribution in [0.1, 0.15) is 29.5 Å². The third kappa shape index (κ3) is 8.76. The summed E-state index contributed by atoms with van der Waals surface area (Å²) in [6, 6.07) is 21.7. The molecule has 0 spiro atoms. The van der Waals surface area contributed by atoms with E-state index in [1.165, 1.54) is 0 Å². The summed E-state index contributed by atoms with van der Waals surface area (Å²) in [5.74, 6) is -1.73. The number of hydrogen-bond donors (Lipinski definition) is 7. The predicted octanol–water partition coefficient (Wildman–Crippen LogP) is 2.53. The van der Waals surface area contributed by atoms with Crippen molar-refractivity contribution in [3.8, 4) is 0 Å². The molecule has 47 heavy (non-hydrogen) atoms. The number of aliphatic imine (C=N–C) groups is 1. The van der Waals surface area contributed by atoms with Gasteiger partial charge in [0.1, 0.15) is 18.7 Å². The summed E-state index contributed by atoms with van der Waals surface area (Å²) in [7, 11) is 0. The van der Waals surface area contributed by atoms with Crippen LogP contribution in [0.2, 0.25) is 0 Å². The lowest BCUT2D eigenvalue weighted by atomic mass is 10.0. The molecule has 2 heterocycles. The Labute approximate surface area is 272 Å². The van der Waals surface area contributed by atoms with Gasteiger partial charge in [0.15, 0.2) is 5.96 Å². The number of benzene rings is 3. The maximum absolute atomic E-state index is 13.8. The fourth-order valence-electron chi connectivity index (χ4n) is 5.50. The first-order valence-corrected chi connectivity index (χ1v) is 15.5. The number of carbonyl (C=O) groups excluding carboxylic acids is 3. The van der Waals surface area contributed by atoms with E-state index < -0.39 is 35.9 Å². The fraction of sp³-hybridized carbons (Fsp3) is 0.257. The number of rotatable bonds is 15. The van der Waals surface area contributed by atoms with Gasteiger partial charge < -0.3 is 42.5 Å². The lowest BCUT2D eigenvalue weighted by Gasteiger charge is -2.24. The molecule has 2 amide bonds. The second kappa shape index (κ2) is 15.6. The summed E-state index contributed by atoms with van der Waals surface area (Å²) in [6.45, 7) is 0.294. The zero-order chi connectivity index (χ0) is 33.2. The van der Waals surface area contributed by atoms with E-state index >= 15 is 0 Å². The van der Waals surface area contributed by atoms with Crippen molar-refractivity contribution in [2.75, 3.05) is 6.54 Å². The van der Waals surface area contributed by atoms with Crippen LogP contribution in [-0.2, 0) is 38.6 Å². The average molecular weight is 637 g/mol. The van der Waals surface area contributed by atoms with Crippen LogP contribution < -0.4 is 27.8 Å². The normalized spacial score (nSPS) is 13.0. The van der Waals surface area contributed by atoms with Gasteiger partial charge in [-0.25, -0.2) is 4.79 Å². The van der Waals surface area contributed by atoms with E-state index in [2.05, 4.69) is 25.6 Å². The van der Waals surface area contributed by atoms with Crippen LogP contribution in [0.5, 0.6) is 0 Å². The number of amides is 2. The molecule has 0 saturated carbocycles. The average Bonchev–Trinajstić information content (AvgIpc) is 3.68. The van der Waals surface area contributed by atoms with Gasteiger partial charge in [-0.2, -0.15) is 0 Å². The minimum absolute atomic E-state index is 0.0430. The summed E-state index contributed by atoms with van der Waals surface area (Å²) < 4.78 is 5.65. The summed E-state index contributed by atoms with van der Waals surface area (Å²) in [6.07, 6.45) is 4.65. The Kier molecular flexibility index (Phi) is 10.9. The largest absolute Gasteiger partial charge is 0.459 e. The van der Waals surface area contributed by atoms with Crippen molar-refractivity contribution >= 4 is 45.5 Å². The maximum atomic E-state index is 13.8. The number of hydrogen-bond acceptors (Lipinski definition) is 6. The van der Waals surface area contributed by atoms with Crippen LogP contribution in [0.3, 0.4) is 0 Å². The van der Waals surface area contributed by atoms with Gasteiger partial charge >= 0.3 is 5.97 Å². The van der Waals surface area contributed by atoms with Gasteiger partial charge in [-0.15, -0.1) is 0 Å². The van der Waals surface area contributed by atoms with Gasteiger partial charge in [-0.05, 0) is 48.1 Å². The number of nitrogens with one attached hydrogen (secondary N) is 4. The molecule has 0 saturated heterocycles. The van der Waals surface area contributed by atoms with Gasteiger partial charge in [0.25, 0.3) is 0 Å². The van der Waals surface area contributed by atoms with Crippen LogP contribution in [0.4, 0.5) is 0 Å². The summed E-state index contributed by atoms with van der Waals surface area (Å²) in [4.78, 5) is 51.1. The zero-order valence-corrected chi connectivity index (χ0v) is 25.9. The Morgan fingerprint density at radius 2 is 1.32 bits per heavy atom. The first-order chi connectivity index (χ1) is 22.8. The monoisotopic (exact) mass is 636 g/mol. The van der Waals surface area contributed by atoms with E-state index in [0.717, 1.165) is 38.5 Å². The molecule has 244 valence electrons. The lowest BCUT2D eigenvalue weighted by Crippen LogP contribution is -2.55. The molecule has 0 radical (unpaired) electrons. The van der Waals surface area contributed by atoms with E-state index in [4.69, 9.17) is 21.9 Å². The number of carbonyl (C=O) groups is 3. The number of esters is 1. The number of fused-ring (bicyclic) bond motifs is 2. The number of nitrogens with zero attached hydrogens (tertiary/aromatic N) is 1. The van der Waals surface area contributed by atoms with Crippen molar-refractivity contribution in [3.63, 3.8) is 0 Å². The van der Waals surface area contributed by atoms with Gasteiger partial charge in [0.2, 0.25) is 11.8 Å². The molecule has 3 atom stereocenters. The van der Waals surface area contributed by atoms with Gasteiger partial charge in [-0.3, -0.25) is 14.6 Å². The minimum atomic E-state index is -1.04. The Morgan fingerprint density at radius 3 is 1.96 bits per heavy atom. The quantitative estimate of drug-likeness (QED) is 0.0395. The minimum Gasteiger partial charge on any atom is -0.459 e. The van der Waals surface area contributed by atoms with Crippen molar-refractivity contribution in [2.24, 2.45) is 22.2 Å². The predicted molar refractivity (Wildman–Crippen MR) is 182 cm³/mol. The van der Waals surface area contributed by atoms with E-state index in [-0.39, 0.29) is 38.4 Å². The third-order valence-corrected chi connectivity index (χ3v) is 7.95. The van der Waals surface area contributed by atoms with Crippen molar-refractivity contribution in [1.82, 2.24) is 20.6 Å². The first kappa shape index (κ1) is 32.8. The highest BCUT2D eigenvalue weighted by molar-refractivity contribution is 5.93. The molecule has 3 aromatic carbocycles. The molecule has 0 fully saturated rings. The summed E-state index contributed by atoms with van der Waals surface area (Å²) >= 11 is 0. The number of guanidine groups is 1. The molecule has 0 aliphatic heterocycles. The molecule has 0 bridgehead atoms. The molecular formula is C35H40N8O4. The van der Waals surface area contributed by atoms with Gasteiger partial charge in [0.05, 0.1) is 6.04 Å². The van der Waals surface area contributed by atoms with E-state index in [0.29, 0.717) is 6.42 Å². The highest BCUT2D eigenvalue weighted by Crippen LogP contribution is 2.21. The third-order valence-electron chi connectivity index (χ3n) is 7.95. The molecule has 2 aromatic heterocycles. The molecule has 12 nitrogen and oxygen atoms in total. The molecule has 5 aromatic rings. The standard InChI is InChI=1S/C35H40N8O4/c36-27(17-23-19-40-28-13-6-4-11-25(23)28)32(44)42-30(15-8-16-39-35(37)38)33(45)43-31(34(46)47-21-22-9-2-1-3-10-22)18-24-20-41-29-14-7-5-12-26(24)29/h1-7,9-14,19-20,27,30-31,40-41H,8,15-18,21,36H2,(H,42,44)(H,43,45)(H4,37,38,39)/t27-,30+,31+/m1/s1. The summed E-state index contributed by atoms with van der Waals surface area (Å²) in [5.41, 5.74) is 21.7. The van der Waals surface area contributed by atoms with E-state index in [1.807, 2.05) is 91.3 Å². The molecule has 10 N–H and O–H groups in total. The fourth-order valence-corrected chi connectivity index (χ4v) is 5.50. The van der Waals surface area contributed by atoms with Crippen LogP contribution in [-0.4, -0.2) is 58.4 Å². The van der Waals surface area contributed by atoms with Crippen molar-refractivity contribution in [2.45, 2.75) is 50.4 Å². The Balaban J connectivity index is 1.32. The summed E-state index contributed by atoms with van der Waals surface area (Å²) in [5, 5.41) is 7.54. The van der Waals surface area contributed by atoms with Crippen LogP contribution in [0.15, 0.2) is 96.2 Å². The van der Waals surface area contributed by atoms with Crippen LogP contribution >= 0.6 is 0 Å². The lowest BCUT2D eigenvalue weighted by molar-refractivity contribution is -0.149. The van der Waals surface area contributed by atoms with E-state index in [9.17, 15) is 14.4 Å². The van der Waals surface area contributed by atoms with Crippen LogP contribution in [0, 0.1) is 0 Å². The Hall–Kier alpha value is -5.62. The second-order valence-corrected chi connectivity index (χ2v) is 11.4. The second-order valence-electron chi connectivity index (χ2n) is 11.4. The highest BCUT2D eigenvalue weighted by Gasteiger charge is 2.30. The number of ether oxygens (including phenoxy) is 1. The van der Waals surface area contributed by atoms with Crippen LogP contribution in [0.25, 0.3) is 21.8 Å². The molecule has 0 unspecified atom stereocenters. The number of aromatic amines is 2. The number of aromatic nitrogens is 2. The number of H-pyrrole nitrogens is 2. The maximum Gasteiger partial charge on any atom is 0.329 e. The van der Waals surface area contributed by atoms with Gasteiger partial charge in [-0.1, -0.05) is 66.7 Å². The Bertz CT molecular complexity index is 1840. The molecule has 12 heteroatoms. The zero-order valence-electron chi connectivity index (χ0n) is 25.9. The first-order valence-electron chi connectivity index (χ1n) is 15.5. The van der Waals surface area contributed by atoms with E-state index in [1.54, 1.807) is 0 Å². The molecule has 5 rings (SSSR count). The molecule has 0 aliphatic carbocycles. The van der Waals surface area contributed by atoms with Gasteiger partial charge in [0, 0.05) is 47.2 Å². The number of nitrogens with two attached hydrogens (primary N) is 3. The number of para-hydroxylation sites is 2. The van der Waals surface area contributed by atoms with Crippen molar-refractivity contribution in [1.29, 1.82) is 0 Å². The smallest absolute Gasteiger partial charge is 0.329 e.